The Balaban J connectivity index is 1.87. The van der Waals surface area contributed by atoms with Crippen molar-refractivity contribution in [2.75, 3.05) is 0 Å². The van der Waals surface area contributed by atoms with Crippen molar-refractivity contribution in [2.45, 2.75) is 45.2 Å². The van der Waals surface area contributed by atoms with Crippen LogP contribution in [0, 0.1) is 11.8 Å². The van der Waals surface area contributed by atoms with Crippen molar-refractivity contribution in [3.05, 3.63) is 22.4 Å². The van der Waals surface area contributed by atoms with Crippen LogP contribution >= 0.6 is 11.3 Å². The molecule has 116 valence electrons. The second-order valence-corrected chi connectivity index (χ2v) is 6.88. The van der Waals surface area contributed by atoms with Gasteiger partial charge in [-0.3, -0.25) is 4.79 Å². The molecule has 5 nitrogen and oxygen atoms in total. The Morgan fingerprint density at radius 3 is 2.67 bits per heavy atom. The van der Waals surface area contributed by atoms with Crippen molar-refractivity contribution in [1.82, 2.24) is 10.6 Å². The maximum absolute atomic E-state index is 12.1. The number of hydrogen-bond acceptors (Lipinski definition) is 3. The molecule has 1 saturated carbocycles. The van der Waals surface area contributed by atoms with Gasteiger partial charge in [-0.1, -0.05) is 19.9 Å². The van der Waals surface area contributed by atoms with E-state index >= 15 is 0 Å². The van der Waals surface area contributed by atoms with Gasteiger partial charge in [0.25, 0.3) is 0 Å². The zero-order valence-corrected chi connectivity index (χ0v) is 13.2. The Morgan fingerprint density at radius 1 is 1.38 bits per heavy atom. The fourth-order valence-electron chi connectivity index (χ4n) is 2.74. The summed E-state index contributed by atoms with van der Waals surface area (Å²) in [5.41, 5.74) is 0. The van der Waals surface area contributed by atoms with Crippen molar-refractivity contribution in [3.8, 4) is 0 Å². The first-order valence-corrected chi connectivity index (χ1v) is 8.18. The van der Waals surface area contributed by atoms with E-state index < -0.39 is 5.97 Å². The molecule has 1 fully saturated rings. The van der Waals surface area contributed by atoms with Crippen LogP contribution in [0.1, 0.15) is 44.0 Å². The number of carboxylic acids is 1. The number of carboxylic acid groups (broad SMARTS) is 1. The van der Waals surface area contributed by atoms with Crippen molar-refractivity contribution in [3.63, 3.8) is 0 Å². The van der Waals surface area contributed by atoms with Gasteiger partial charge < -0.3 is 15.7 Å². The molecule has 0 saturated heterocycles. The first-order valence-electron chi connectivity index (χ1n) is 7.30. The average Bonchev–Trinajstić information content (AvgIpc) is 3.06. The summed E-state index contributed by atoms with van der Waals surface area (Å²) >= 11 is 1.63. The summed E-state index contributed by atoms with van der Waals surface area (Å²) < 4.78 is 0. The Kier molecular flexibility index (Phi) is 5.22. The van der Waals surface area contributed by atoms with Crippen LogP contribution in [0.4, 0.5) is 4.79 Å². The van der Waals surface area contributed by atoms with Crippen molar-refractivity contribution in [2.24, 2.45) is 11.8 Å². The zero-order chi connectivity index (χ0) is 15.4. The Bertz CT molecular complexity index is 487. The van der Waals surface area contributed by atoms with Crippen LogP contribution in [0.15, 0.2) is 17.5 Å². The Hall–Kier alpha value is -1.56. The van der Waals surface area contributed by atoms with Gasteiger partial charge in [0.1, 0.15) is 0 Å². The number of nitrogens with one attached hydrogen (secondary N) is 2. The second-order valence-electron chi connectivity index (χ2n) is 5.90. The summed E-state index contributed by atoms with van der Waals surface area (Å²) in [6.07, 6.45) is 1.89. The SMILES string of the molecule is CC(C)C(NC(=O)NC1CCC(C(=O)O)C1)c1cccs1. The predicted molar refractivity (Wildman–Crippen MR) is 82.3 cm³/mol. The van der Waals surface area contributed by atoms with E-state index in [4.69, 9.17) is 5.11 Å². The van der Waals surface area contributed by atoms with E-state index in [-0.39, 0.29) is 24.0 Å². The molecule has 1 aromatic rings. The van der Waals surface area contributed by atoms with Crippen molar-refractivity contribution in [1.29, 1.82) is 0 Å². The van der Waals surface area contributed by atoms with Crippen LogP contribution in [0.2, 0.25) is 0 Å². The van der Waals surface area contributed by atoms with Crippen molar-refractivity contribution >= 4 is 23.3 Å². The van der Waals surface area contributed by atoms with Crippen LogP contribution in [0.25, 0.3) is 0 Å². The fourth-order valence-corrected chi connectivity index (χ4v) is 3.69. The van der Waals surface area contributed by atoms with Crippen LogP contribution in [0.3, 0.4) is 0 Å². The minimum Gasteiger partial charge on any atom is -0.481 e. The maximum atomic E-state index is 12.1. The molecule has 1 aliphatic carbocycles. The minimum atomic E-state index is -0.765. The molecular formula is C15H22N2O3S. The summed E-state index contributed by atoms with van der Waals surface area (Å²) in [5, 5.41) is 16.9. The number of aliphatic carboxylic acids is 1. The van der Waals surface area contributed by atoms with E-state index in [2.05, 4.69) is 24.5 Å². The van der Waals surface area contributed by atoms with Gasteiger partial charge in [0.15, 0.2) is 0 Å². The number of rotatable bonds is 5. The molecule has 3 unspecified atom stereocenters. The molecule has 2 rings (SSSR count). The highest BCUT2D eigenvalue weighted by Crippen LogP contribution is 2.27. The molecule has 3 N–H and O–H groups in total. The second kappa shape index (κ2) is 6.93. The Labute approximate surface area is 128 Å². The molecule has 0 aliphatic heterocycles. The highest BCUT2D eigenvalue weighted by molar-refractivity contribution is 7.10. The topological polar surface area (TPSA) is 78.4 Å². The van der Waals surface area contributed by atoms with Gasteiger partial charge in [0, 0.05) is 10.9 Å². The van der Waals surface area contributed by atoms with E-state index in [0.717, 1.165) is 11.3 Å². The molecule has 0 radical (unpaired) electrons. The summed E-state index contributed by atoms with van der Waals surface area (Å²) in [5.74, 6) is -0.795. The third kappa shape index (κ3) is 4.20. The number of thiophene rings is 1. The smallest absolute Gasteiger partial charge is 0.315 e. The van der Waals surface area contributed by atoms with E-state index in [9.17, 15) is 9.59 Å². The zero-order valence-electron chi connectivity index (χ0n) is 12.3. The number of hydrogen-bond donors (Lipinski definition) is 3. The maximum Gasteiger partial charge on any atom is 0.315 e. The minimum absolute atomic E-state index is 0.0123. The van der Waals surface area contributed by atoms with Crippen LogP contribution < -0.4 is 10.6 Å². The highest BCUT2D eigenvalue weighted by Gasteiger charge is 2.31. The third-order valence-electron chi connectivity index (χ3n) is 3.92. The summed E-state index contributed by atoms with van der Waals surface area (Å²) in [4.78, 5) is 24.2. The average molecular weight is 310 g/mol. The molecule has 1 aliphatic rings. The monoisotopic (exact) mass is 310 g/mol. The van der Waals surface area contributed by atoms with Crippen LogP contribution in [0.5, 0.6) is 0 Å². The van der Waals surface area contributed by atoms with Crippen LogP contribution in [-0.2, 0) is 4.79 Å². The molecule has 1 aromatic heterocycles. The summed E-state index contributed by atoms with van der Waals surface area (Å²) in [6, 6.07) is 3.73. The van der Waals surface area contributed by atoms with E-state index in [1.807, 2.05) is 17.5 Å². The van der Waals surface area contributed by atoms with Gasteiger partial charge in [0.2, 0.25) is 0 Å². The Morgan fingerprint density at radius 2 is 2.14 bits per heavy atom. The van der Waals surface area contributed by atoms with Gasteiger partial charge >= 0.3 is 12.0 Å². The predicted octanol–water partition coefficient (Wildman–Crippen LogP) is 3.00. The summed E-state index contributed by atoms with van der Waals surface area (Å²) in [6.45, 7) is 4.14. The molecule has 0 bridgehead atoms. The summed E-state index contributed by atoms with van der Waals surface area (Å²) in [7, 11) is 0. The van der Waals surface area contributed by atoms with Gasteiger partial charge in [-0.05, 0) is 36.6 Å². The largest absolute Gasteiger partial charge is 0.481 e. The molecular weight excluding hydrogens is 288 g/mol. The van der Waals surface area contributed by atoms with Gasteiger partial charge in [-0.2, -0.15) is 0 Å². The first-order chi connectivity index (χ1) is 9.97. The van der Waals surface area contributed by atoms with Crippen LogP contribution in [-0.4, -0.2) is 23.1 Å². The highest BCUT2D eigenvalue weighted by atomic mass is 32.1. The molecule has 3 atom stereocenters. The molecule has 2 amide bonds. The molecule has 1 heterocycles. The van der Waals surface area contributed by atoms with Gasteiger partial charge in [-0.25, -0.2) is 4.79 Å². The lowest BCUT2D eigenvalue weighted by molar-refractivity contribution is -0.141. The lowest BCUT2D eigenvalue weighted by atomic mass is 10.0. The normalized spacial score (nSPS) is 23.0. The standard InChI is InChI=1S/C15H22N2O3S/c1-9(2)13(12-4-3-7-21-12)17-15(20)16-11-6-5-10(8-11)14(18)19/h3-4,7,9-11,13H,5-6,8H2,1-2H3,(H,18,19)(H2,16,17,20). The van der Waals surface area contributed by atoms with Crippen molar-refractivity contribution < 1.29 is 14.7 Å². The lowest BCUT2D eigenvalue weighted by Crippen LogP contribution is -2.43. The lowest BCUT2D eigenvalue weighted by Gasteiger charge is -2.23. The van der Waals surface area contributed by atoms with Gasteiger partial charge in [-0.15, -0.1) is 11.3 Å². The number of urea groups is 1. The van der Waals surface area contributed by atoms with E-state index in [1.165, 1.54) is 0 Å². The number of carbonyl (C=O) groups is 2. The molecule has 6 heteroatoms. The third-order valence-corrected chi connectivity index (χ3v) is 4.88. The molecule has 0 spiro atoms. The first kappa shape index (κ1) is 15.8. The van der Waals surface area contributed by atoms with E-state index in [0.29, 0.717) is 18.8 Å². The molecule has 0 aromatic carbocycles. The van der Waals surface area contributed by atoms with Gasteiger partial charge in [0.05, 0.1) is 12.0 Å². The fraction of sp³-hybridized carbons (Fsp3) is 0.600. The quantitative estimate of drug-likeness (QED) is 0.782. The number of amides is 2. The molecule has 21 heavy (non-hydrogen) atoms. The number of carbonyl (C=O) groups excluding carboxylic acids is 1. The van der Waals surface area contributed by atoms with E-state index in [1.54, 1.807) is 11.3 Å².